The normalized spacial score (nSPS) is 29.9. The Labute approximate surface area is 81.3 Å². The molecule has 1 rings (SSSR count). The lowest BCUT2D eigenvalue weighted by Gasteiger charge is -2.19. The molecule has 3 unspecified atom stereocenters. The van der Waals surface area contributed by atoms with Crippen molar-refractivity contribution in [2.75, 3.05) is 0 Å². The van der Waals surface area contributed by atoms with Crippen LogP contribution in [0.2, 0.25) is 0 Å². The van der Waals surface area contributed by atoms with Crippen LogP contribution in [0.3, 0.4) is 0 Å². The van der Waals surface area contributed by atoms with Gasteiger partial charge in [-0.05, 0) is 31.6 Å². The van der Waals surface area contributed by atoms with Gasteiger partial charge in [-0.2, -0.15) is 5.26 Å². The van der Waals surface area contributed by atoms with E-state index in [4.69, 9.17) is 5.26 Å². The summed E-state index contributed by atoms with van der Waals surface area (Å²) < 4.78 is 0. The van der Waals surface area contributed by atoms with Crippen molar-refractivity contribution >= 4 is 0 Å². The van der Waals surface area contributed by atoms with E-state index in [1.54, 1.807) is 0 Å². The average Bonchev–Trinajstić information content (AvgIpc) is 2.50. The van der Waals surface area contributed by atoms with Crippen LogP contribution in [0.15, 0.2) is 0 Å². The second-order valence-electron chi connectivity index (χ2n) is 4.25. The quantitative estimate of drug-likeness (QED) is 0.721. The summed E-state index contributed by atoms with van der Waals surface area (Å²) in [7, 11) is 0. The lowest BCUT2D eigenvalue weighted by Crippen LogP contribution is -2.36. The van der Waals surface area contributed by atoms with Gasteiger partial charge in [0.05, 0.1) is 12.5 Å². The van der Waals surface area contributed by atoms with Gasteiger partial charge >= 0.3 is 0 Å². The van der Waals surface area contributed by atoms with Gasteiger partial charge in [-0.1, -0.05) is 13.8 Å². The van der Waals surface area contributed by atoms with Gasteiger partial charge in [0.2, 0.25) is 0 Å². The molecule has 0 aromatic heterocycles. The predicted octanol–water partition coefficient (Wildman–Crippen LogP) is 2.46. The minimum absolute atomic E-state index is 0.417. The maximum absolute atomic E-state index is 8.60. The smallest absolute Gasteiger partial charge is 0.0638 e. The van der Waals surface area contributed by atoms with E-state index in [1.807, 2.05) is 0 Å². The van der Waals surface area contributed by atoms with Crippen molar-refractivity contribution in [2.24, 2.45) is 5.92 Å². The third-order valence-corrected chi connectivity index (χ3v) is 3.00. The first-order valence-electron chi connectivity index (χ1n) is 5.39. The van der Waals surface area contributed by atoms with E-state index in [0.717, 1.165) is 12.3 Å². The zero-order chi connectivity index (χ0) is 9.68. The van der Waals surface area contributed by atoms with Crippen molar-refractivity contribution in [3.05, 3.63) is 0 Å². The largest absolute Gasteiger partial charge is 0.310 e. The summed E-state index contributed by atoms with van der Waals surface area (Å²) in [4.78, 5) is 0. The molecule has 0 radical (unpaired) electrons. The van der Waals surface area contributed by atoms with Gasteiger partial charge in [-0.3, -0.25) is 0 Å². The second kappa shape index (κ2) is 5.24. The van der Waals surface area contributed by atoms with E-state index >= 15 is 0 Å². The number of nitrogens with zero attached hydrogens (tertiary/aromatic N) is 1. The minimum atomic E-state index is 0.417. The molecule has 1 aliphatic rings. The first-order chi connectivity index (χ1) is 6.26. The molecule has 1 N–H and O–H groups in total. The van der Waals surface area contributed by atoms with Crippen LogP contribution in [0, 0.1) is 17.2 Å². The molecule has 2 nitrogen and oxygen atoms in total. The highest BCUT2D eigenvalue weighted by molar-refractivity contribution is 4.85. The van der Waals surface area contributed by atoms with E-state index in [2.05, 4.69) is 25.2 Å². The molecule has 2 heteroatoms. The number of nitrogens with one attached hydrogen (secondary N) is 1. The number of hydrogen-bond donors (Lipinski definition) is 1. The topological polar surface area (TPSA) is 35.8 Å². The molecule has 3 atom stereocenters. The van der Waals surface area contributed by atoms with E-state index in [1.165, 1.54) is 19.3 Å². The summed E-state index contributed by atoms with van der Waals surface area (Å²) in [6, 6.07) is 3.33. The molecule has 13 heavy (non-hydrogen) atoms. The Morgan fingerprint density at radius 1 is 1.54 bits per heavy atom. The van der Waals surface area contributed by atoms with E-state index in [-0.39, 0.29) is 0 Å². The van der Waals surface area contributed by atoms with Crippen LogP contribution in [0.5, 0.6) is 0 Å². The van der Waals surface area contributed by atoms with Gasteiger partial charge in [0.15, 0.2) is 0 Å². The molecule has 0 spiro atoms. The van der Waals surface area contributed by atoms with Crippen molar-refractivity contribution in [1.29, 1.82) is 5.26 Å². The molecule has 0 heterocycles. The molecule has 0 aliphatic heterocycles. The fourth-order valence-electron chi connectivity index (χ4n) is 2.12. The van der Waals surface area contributed by atoms with Crippen LogP contribution in [-0.4, -0.2) is 12.1 Å². The van der Waals surface area contributed by atoms with Gasteiger partial charge in [0, 0.05) is 12.1 Å². The summed E-state index contributed by atoms with van der Waals surface area (Å²) in [5, 5.41) is 12.2. The van der Waals surface area contributed by atoms with Crippen molar-refractivity contribution in [2.45, 2.75) is 58.0 Å². The molecular formula is C11H20N2. The second-order valence-corrected chi connectivity index (χ2v) is 4.25. The predicted molar refractivity (Wildman–Crippen MR) is 54.2 cm³/mol. The maximum Gasteiger partial charge on any atom is 0.0638 e. The first kappa shape index (κ1) is 10.5. The number of rotatable bonds is 4. The lowest BCUT2D eigenvalue weighted by atomic mass is 10.1. The molecule has 0 amide bonds. The summed E-state index contributed by atoms with van der Waals surface area (Å²) in [6.45, 7) is 4.46. The van der Waals surface area contributed by atoms with E-state index in [0.29, 0.717) is 18.5 Å². The Morgan fingerprint density at radius 2 is 2.31 bits per heavy atom. The van der Waals surface area contributed by atoms with Gasteiger partial charge in [0.1, 0.15) is 0 Å². The zero-order valence-electron chi connectivity index (χ0n) is 8.71. The highest BCUT2D eigenvalue weighted by atomic mass is 15.0. The SMILES string of the molecule is CCC(CC#N)NC1CCC(C)C1. The monoisotopic (exact) mass is 180 g/mol. The summed E-state index contributed by atoms with van der Waals surface area (Å²) >= 11 is 0. The third kappa shape index (κ3) is 3.36. The first-order valence-corrected chi connectivity index (χ1v) is 5.39. The van der Waals surface area contributed by atoms with Gasteiger partial charge < -0.3 is 5.32 Å². The molecule has 1 fully saturated rings. The Hall–Kier alpha value is -0.550. The van der Waals surface area contributed by atoms with Gasteiger partial charge in [0.25, 0.3) is 0 Å². The molecule has 74 valence electrons. The molecule has 1 aliphatic carbocycles. The highest BCUT2D eigenvalue weighted by Crippen LogP contribution is 2.25. The van der Waals surface area contributed by atoms with Crippen LogP contribution in [0.25, 0.3) is 0 Å². The van der Waals surface area contributed by atoms with E-state index < -0.39 is 0 Å². The van der Waals surface area contributed by atoms with Gasteiger partial charge in [-0.25, -0.2) is 0 Å². The Kier molecular flexibility index (Phi) is 4.24. The molecule has 0 bridgehead atoms. The maximum atomic E-state index is 8.60. The molecule has 0 aromatic carbocycles. The Balaban J connectivity index is 2.26. The summed E-state index contributed by atoms with van der Waals surface area (Å²) in [5.74, 6) is 0.872. The highest BCUT2D eigenvalue weighted by Gasteiger charge is 2.22. The number of hydrogen-bond acceptors (Lipinski definition) is 2. The Bertz CT molecular complexity index is 183. The molecule has 0 aromatic rings. The summed E-state index contributed by atoms with van der Waals surface area (Å²) in [6.07, 6.45) is 5.66. The number of nitriles is 1. The molecule has 1 saturated carbocycles. The van der Waals surface area contributed by atoms with Crippen molar-refractivity contribution in [3.63, 3.8) is 0 Å². The van der Waals surface area contributed by atoms with Crippen LogP contribution in [0.4, 0.5) is 0 Å². The zero-order valence-corrected chi connectivity index (χ0v) is 8.71. The average molecular weight is 180 g/mol. The van der Waals surface area contributed by atoms with Crippen LogP contribution in [0.1, 0.15) is 46.0 Å². The fourth-order valence-corrected chi connectivity index (χ4v) is 2.12. The van der Waals surface area contributed by atoms with Crippen LogP contribution >= 0.6 is 0 Å². The van der Waals surface area contributed by atoms with Gasteiger partial charge in [-0.15, -0.1) is 0 Å². The van der Waals surface area contributed by atoms with Crippen molar-refractivity contribution in [1.82, 2.24) is 5.32 Å². The van der Waals surface area contributed by atoms with Crippen molar-refractivity contribution < 1.29 is 0 Å². The molecule has 0 saturated heterocycles. The van der Waals surface area contributed by atoms with Crippen molar-refractivity contribution in [3.8, 4) is 6.07 Å². The Morgan fingerprint density at radius 3 is 2.77 bits per heavy atom. The standard InChI is InChI=1S/C11H20N2/c1-3-10(6-7-12)13-11-5-4-9(2)8-11/h9-11,13H,3-6,8H2,1-2H3. The van der Waals surface area contributed by atoms with Crippen LogP contribution in [-0.2, 0) is 0 Å². The van der Waals surface area contributed by atoms with E-state index in [9.17, 15) is 0 Å². The minimum Gasteiger partial charge on any atom is -0.310 e. The third-order valence-electron chi connectivity index (χ3n) is 3.00. The fraction of sp³-hybridized carbons (Fsp3) is 0.909. The lowest BCUT2D eigenvalue weighted by molar-refractivity contribution is 0.416. The summed E-state index contributed by atoms with van der Waals surface area (Å²) in [5.41, 5.74) is 0. The molecular weight excluding hydrogens is 160 g/mol. The van der Waals surface area contributed by atoms with Crippen LogP contribution < -0.4 is 5.32 Å².